The molecule has 2 N–H and O–H groups in total. The number of fused-ring (bicyclic) bond motifs is 1. The molecule has 0 spiro atoms. The second-order valence-corrected chi connectivity index (χ2v) is 6.39. The van der Waals surface area contributed by atoms with Crippen LogP contribution in [-0.2, 0) is 5.41 Å². The molecule has 0 radical (unpaired) electrons. The zero-order valence-corrected chi connectivity index (χ0v) is 13.8. The van der Waals surface area contributed by atoms with E-state index in [4.69, 9.17) is 5.73 Å². The van der Waals surface area contributed by atoms with Crippen LogP contribution in [0.4, 0.5) is 0 Å². The number of amides is 1. The molecule has 118 valence electrons. The second kappa shape index (κ2) is 7.05. The highest BCUT2D eigenvalue weighted by atomic mass is 16.1. The van der Waals surface area contributed by atoms with Crippen LogP contribution in [0.1, 0.15) is 36.7 Å². The van der Waals surface area contributed by atoms with Crippen LogP contribution in [0.3, 0.4) is 0 Å². The maximum atomic E-state index is 10.8. The number of rotatable bonds is 1. The molecule has 0 aliphatic rings. The molecule has 0 atom stereocenters. The van der Waals surface area contributed by atoms with E-state index >= 15 is 0 Å². The molecule has 3 rings (SSSR count). The van der Waals surface area contributed by atoms with Crippen molar-refractivity contribution in [1.82, 2.24) is 4.98 Å². The Morgan fingerprint density at radius 2 is 1.52 bits per heavy atom. The van der Waals surface area contributed by atoms with Crippen molar-refractivity contribution < 1.29 is 4.79 Å². The van der Waals surface area contributed by atoms with Gasteiger partial charge in [-0.1, -0.05) is 57.2 Å². The Bertz CT molecular complexity index is 721. The van der Waals surface area contributed by atoms with E-state index in [1.807, 2.05) is 42.6 Å². The summed E-state index contributed by atoms with van der Waals surface area (Å²) >= 11 is 0. The molecule has 0 aliphatic carbocycles. The lowest BCUT2D eigenvalue weighted by Gasteiger charge is -2.18. The molecule has 0 saturated heterocycles. The van der Waals surface area contributed by atoms with Crippen molar-refractivity contribution in [3.05, 3.63) is 78.0 Å². The quantitative estimate of drug-likeness (QED) is 0.728. The molecule has 0 unspecified atom stereocenters. The van der Waals surface area contributed by atoms with Crippen molar-refractivity contribution in [2.45, 2.75) is 26.2 Å². The molecular weight excluding hydrogens is 284 g/mol. The summed E-state index contributed by atoms with van der Waals surface area (Å²) < 4.78 is 0. The Hall–Kier alpha value is -2.68. The molecule has 0 aliphatic heterocycles. The summed E-state index contributed by atoms with van der Waals surface area (Å²) in [5.74, 6) is -0.375. The Kier molecular flexibility index (Phi) is 5.12. The molecule has 23 heavy (non-hydrogen) atoms. The van der Waals surface area contributed by atoms with E-state index in [0.29, 0.717) is 5.56 Å². The van der Waals surface area contributed by atoms with E-state index in [0.717, 1.165) is 5.52 Å². The van der Waals surface area contributed by atoms with Crippen LogP contribution >= 0.6 is 0 Å². The van der Waals surface area contributed by atoms with E-state index in [2.05, 4.69) is 37.9 Å². The number of pyridine rings is 1. The fourth-order valence-corrected chi connectivity index (χ4v) is 2.15. The van der Waals surface area contributed by atoms with Gasteiger partial charge in [0.25, 0.3) is 0 Å². The summed E-state index contributed by atoms with van der Waals surface area (Å²) in [6.07, 6.45) is 1.81. The van der Waals surface area contributed by atoms with E-state index < -0.39 is 0 Å². The molecule has 0 saturated carbocycles. The van der Waals surface area contributed by atoms with Gasteiger partial charge in [-0.15, -0.1) is 0 Å². The third kappa shape index (κ3) is 4.65. The molecule has 3 heteroatoms. The Morgan fingerprint density at radius 3 is 2.09 bits per heavy atom. The highest BCUT2D eigenvalue weighted by Gasteiger charge is 2.13. The summed E-state index contributed by atoms with van der Waals surface area (Å²) in [5, 5.41) is 1.20. The van der Waals surface area contributed by atoms with Crippen molar-refractivity contribution in [3.8, 4) is 0 Å². The van der Waals surface area contributed by atoms with Crippen LogP contribution in [-0.4, -0.2) is 10.9 Å². The lowest BCUT2D eigenvalue weighted by atomic mass is 9.87. The number of aromatic nitrogens is 1. The smallest absolute Gasteiger partial charge is 0.248 e. The van der Waals surface area contributed by atoms with Gasteiger partial charge < -0.3 is 5.73 Å². The van der Waals surface area contributed by atoms with Crippen molar-refractivity contribution in [3.63, 3.8) is 0 Å². The Balaban J connectivity index is 0.000000172. The summed E-state index contributed by atoms with van der Waals surface area (Å²) in [5.41, 5.74) is 8.08. The van der Waals surface area contributed by atoms with Crippen LogP contribution in [0.25, 0.3) is 10.9 Å². The van der Waals surface area contributed by atoms with Gasteiger partial charge in [-0.05, 0) is 35.2 Å². The zero-order chi connectivity index (χ0) is 16.9. The number of carbonyl (C=O) groups excluding carboxylic acids is 1. The van der Waals surface area contributed by atoms with Gasteiger partial charge >= 0.3 is 0 Å². The van der Waals surface area contributed by atoms with Crippen LogP contribution in [0, 0.1) is 0 Å². The summed E-state index contributed by atoms with van der Waals surface area (Å²) in [4.78, 5) is 15.0. The highest BCUT2D eigenvalue weighted by Crippen LogP contribution is 2.21. The maximum Gasteiger partial charge on any atom is 0.248 e. The first-order valence-corrected chi connectivity index (χ1v) is 7.58. The van der Waals surface area contributed by atoms with Gasteiger partial charge in [-0.2, -0.15) is 0 Å². The topological polar surface area (TPSA) is 56.0 Å². The average Bonchev–Trinajstić information content (AvgIpc) is 2.55. The first-order valence-electron chi connectivity index (χ1n) is 7.58. The average molecular weight is 306 g/mol. The van der Waals surface area contributed by atoms with Crippen LogP contribution in [0.5, 0.6) is 0 Å². The molecule has 2 aromatic carbocycles. The lowest BCUT2D eigenvalue weighted by Crippen LogP contribution is -2.13. The normalized spacial score (nSPS) is 10.7. The minimum atomic E-state index is -0.375. The third-order valence-corrected chi connectivity index (χ3v) is 3.55. The predicted molar refractivity (Wildman–Crippen MR) is 95.4 cm³/mol. The van der Waals surface area contributed by atoms with Gasteiger partial charge in [0.1, 0.15) is 0 Å². The first-order chi connectivity index (χ1) is 10.9. The SMILES string of the molecule is CC(C)(C)c1ccc(C(N)=O)cc1.c1ccc2ncccc2c1. The van der Waals surface area contributed by atoms with E-state index in [9.17, 15) is 4.79 Å². The van der Waals surface area contributed by atoms with Gasteiger partial charge in [0.15, 0.2) is 0 Å². The first kappa shape index (κ1) is 16.7. The molecule has 1 heterocycles. The summed E-state index contributed by atoms with van der Waals surface area (Å²) in [6, 6.07) is 19.5. The number of hydrogen-bond acceptors (Lipinski definition) is 2. The van der Waals surface area contributed by atoms with Crippen LogP contribution in [0.15, 0.2) is 66.9 Å². The van der Waals surface area contributed by atoms with Crippen molar-refractivity contribution in [2.75, 3.05) is 0 Å². The number of carbonyl (C=O) groups is 1. The fraction of sp³-hybridized carbons (Fsp3) is 0.200. The molecule has 1 amide bonds. The van der Waals surface area contributed by atoms with Crippen molar-refractivity contribution in [2.24, 2.45) is 5.73 Å². The zero-order valence-electron chi connectivity index (χ0n) is 13.8. The fourth-order valence-electron chi connectivity index (χ4n) is 2.15. The maximum absolute atomic E-state index is 10.8. The third-order valence-electron chi connectivity index (χ3n) is 3.55. The monoisotopic (exact) mass is 306 g/mol. The minimum Gasteiger partial charge on any atom is -0.366 e. The molecule has 3 nitrogen and oxygen atoms in total. The second-order valence-electron chi connectivity index (χ2n) is 6.39. The van der Waals surface area contributed by atoms with Gasteiger partial charge in [0.05, 0.1) is 5.52 Å². The van der Waals surface area contributed by atoms with Gasteiger partial charge in [-0.25, -0.2) is 0 Å². The summed E-state index contributed by atoms with van der Waals surface area (Å²) in [7, 11) is 0. The summed E-state index contributed by atoms with van der Waals surface area (Å²) in [6.45, 7) is 6.39. The number of benzene rings is 2. The number of hydrogen-bond donors (Lipinski definition) is 1. The van der Waals surface area contributed by atoms with E-state index in [-0.39, 0.29) is 11.3 Å². The lowest BCUT2D eigenvalue weighted by molar-refractivity contribution is 0.1000. The molecule has 3 aromatic rings. The standard InChI is InChI=1S/C11H15NO.C9H7N/c1-11(2,3)9-6-4-8(5-7-9)10(12)13;1-2-6-9-8(4-1)5-3-7-10-9/h4-7H,1-3H3,(H2,12,13);1-7H. The minimum absolute atomic E-state index is 0.121. The van der Waals surface area contributed by atoms with Crippen molar-refractivity contribution >= 4 is 16.8 Å². The Morgan fingerprint density at radius 1 is 0.913 bits per heavy atom. The largest absolute Gasteiger partial charge is 0.366 e. The number of nitrogens with two attached hydrogens (primary N) is 1. The van der Waals surface area contributed by atoms with Crippen LogP contribution < -0.4 is 5.73 Å². The molecule has 0 fully saturated rings. The van der Waals surface area contributed by atoms with Gasteiger partial charge in [0, 0.05) is 17.1 Å². The highest BCUT2D eigenvalue weighted by molar-refractivity contribution is 5.92. The predicted octanol–water partition coefficient (Wildman–Crippen LogP) is 4.32. The number of para-hydroxylation sites is 1. The van der Waals surface area contributed by atoms with E-state index in [1.165, 1.54) is 10.9 Å². The van der Waals surface area contributed by atoms with E-state index in [1.54, 1.807) is 12.1 Å². The van der Waals surface area contributed by atoms with Crippen molar-refractivity contribution in [1.29, 1.82) is 0 Å². The van der Waals surface area contributed by atoms with Gasteiger partial charge in [0.2, 0.25) is 5.91 Å². The number of nitrogens with zero attached hydrogens (tertiary/aromatic N) is 1. The molecular formula is C20H22N2O. The molecule has 1 aromatic heterocycles. The van der Waals surface area contributed by atoms with Gasteiger partial charge in [-0.3, -0.25) is 9.78 Å². The van der Waals surface area contributed by atoms with Crippen LogP contribution in [0.2, 0.25) is 0 Å². The molecule has 0 bridgehead atoms. The Labute approximate surface area is 137 Å². The number of primary amides is 1.